The van der Waals surface area contributed by atoms with Crippen LogP contribution in [0.2, 0.25) is 0 Å². The number of anilines is 1. The molecular weight excluding hydrogens is 446 g/mol. The van der Waals surface area contributed by atoms with Crippen molar-refractivity contribution in [1.29, 1.82) is 5.26 Å². The Morgan fingerprint density at radius 3 is 2.56 bits per heavy atom. The highest BCUT2D eigenvalue weighted by molar-refractivity contribution is 6.02. The second kappa shape index (κ2) is 9.33. The Morgan fingerprint density at radius 1 is 1.00 bits per heavy atom. The second-order valence-corrected chi connectivity index (χ2v) is 10.1. The average Bonchev–Trinajstić information content (AvgIpc) is 3.32. The third-order valence-electron chi connectivity index (χ3n) is 7.75. The lowest BCUT2D eigenvalue weighted by molar-refractivity contribution is 0.206. The SMILES string of the molecule is CN1CCC(Cn2ccc3c(-c4ccc(C#N)cc4)c(-c4ccc5c(c4)OCCN5C)ncc32)CC1. The molecule has 0 saturated carbocycles. The van der Waals surface area contributed by atoms with E-state index in [4.69, 9.17) is 9.72 Å². The van der Waals surface area contributed by atoms with E-state index in [0.29, 0.717) is 18.1 Å². The van der Waals surface area contributed by atoms with Crippen molar-refractivity contribution in [2.45, 2.75) is 19.4 Å². The fourth-order valence-corrected chi connectivity index (χ4v) is 5.57. The Kier molecular flexibility index (Phi) is 5.86. The Morgan fingerprint density at radius 2 is 1.78 bits per heavy atom. The smallest absolute Gasteiger partial charge is 0.143 e. The molecule has 1 saturated heterocycles. The number of hydrogen-bond donors (Lipinski definition) is 0. The summed E-state index contributed by atoms with van der Waals surface area (Å²) in [5.41, 5.74) is 7.06. The van der Waals surface area contributed by atoms with E-state index in [-0.39, 0.29) is 0 Å². The number of nitrogens with zero attached hydrogens (tertiary/aromatic N) is 5. The molecule has 36 heavy (non-hydrogen) atoms. The quantitative estimate of drug-likeness (QED) is 0.393. The Bertz CT molecular complexity index is 1440. The highest BCUT2D eigenvalue weighted by Crippen LogP contribution is 2.41. The molecule has 2 aromatic heterocycles. The van der Waals surface area contributed by atoms with Gasteiger partial charge in [-0.25, -0.2) is 0 Å². The molecule has 0 amide bonds. The number of rotatable bonds is 4. The molecule has 6 heteroatoms. The van der Waals surface area contributed by atoms with E-state index in [0.717, 1.165) is 52.4 Å². The Labute approximate surface area is 212 Å². The van der Waals surface area contributed by atoms with Gasteiger partial charge in [-0.15, -0.1) is 0 Å². The summed E-state index contributed by atoms with van der Waals surface area (Å²) in [7, 11) is 4.31. The first-order chi connectivity index (χ1) is 17.6. The fourth-order valence-electron chi connectivity index (χ4n) is 5.57. The van der Waals surface area contributed by atoms with E-state index in [2.05, 4.69) is 65.0 Å². The lowest BCUT2D eigenvalue weighted by Crippen LogP contribution is -2.31. The zero-order chi connectivity index (χ0) is 24.6. The van der Waals surface area contributed by atoms with Crippen LogP contribution in [0.25, 0.3) is 33.3 Å². The van der Waals surface area contributed by atoms with Crippen molar-refractivity contribution in [3.05, 3.63) is 66.5 Å². The summed E-state index contributed by atoms with van der Waals surface area (Å²) in [4.78, 5) is 9.68. The highest BCUT2D eigenvalue weighted by Gasteiger charge is 2.22. The summed E-state index contributed by atoms with van der Waals surface area (Å²) in [6.45, 7) is 4.92. The summed E-state index contributed by atoms with van der Waals surface area (Å²) in [5.74, 6) is 1.58. The molecule has 0 bridgehead atoms. The van der Waals surface area contributed by atoms with Gasteiger partial charge in [-0.2, -0.15) is 5.26 Å². The number of hydrogen-bond acceptors (Lipinski definition) is 5. The van der Waals surface area contributed by atoms with Gasteiger partial charge in [0.25, 0.3) is 0 Å². The van der Waals surface area contributed by atoms with Crippen LogP contribution in [0.15, 0.2) is 60.9 Å². The molecule has 0 N–H and O–H groups in total. The zero-order valence-corrected chi connectivity index (χ0v) is 20.9. The van der Waals surface area contributed by atoms with Gasteiger partial charge in [0.2, 0.25) is 0 Å². The molecule has 0 unspecified atom stereocenters. The lowest BCUT2D eigenvalue weighted by atomic mass is 9.95. The number of likely N-dealkylation sites (N-methyl/N-ethyl adjacent to an activating group) is 1. The Hall–Kier alpha value is -3.82. The summed E-state index contributed by atoms with van der Waals surface area (Å²) in [6.07, 6.45) is 6.70. The van der Waals surface area contributed by atoms with Gasteiger partial charge in [-0.05, 0) is 74.8 Å². The topological polar surface area (TPSA) is 57.3 Å². The second-order valence-electron chi connectivity index (χ2n) is 10.1. The van der Waals surface area contributed by atoms with Gasteiger partial charge in [0.05, 0.1) is 41.3 Å². The number of pyridine rings is 1. The van der Waals surface area contributed by atoms with Crippen molar-refractivity contribution in [1.82, 2.24) is 14.5 Å². The molecule has 0 aliphatic carbocycles. The molecule has 0 spiro atoms. The van der Waals surface area contributed by atoms with Gasteiger partial charge in [0.15, 0.2) is 0 Å². The standard InChI is InChI=1S/C30H31N5O/c1-33-12-9-22(10-13-33)20-35-14-11-25-27(35)19-32-30(29(25)23-5-3-21(18-31)4-6-23)24-7-8-26-28(17-24)36-16-15-34(26)2/h3-8,11,14,17,19,22H,9-10,12-13,15-16,20H2,1-2H3. The molecule has 2 aliphatic rings. The van der Waals surface area contributed by atoms with Crippen molar-refractivity contribution in [3.8, 4) is 34.2 Å². The largest absolute Gasteiger partial charge is 0.490 e. The summed E-state index contributed by atoms with van der Waals surface area (Å²) in [6, 6.07) is 18.7. The van der Waals surface area contributed by atoms with Crippen LogP contribution in [0.4, 0.5) is 5.69 Å². The first-order valence-corrected chi connectivity index (χ1v) is 12.8. The van der Waals surface area contributed by atoms with Crippen LogP contribution in [-0.2, 0) is 6.54 Å². The highest BCUT2D eigenvalue weighted by atomic mass is 16.5. The van der Waals surface area contributed by atoms with Gasteiger partial charge >= 0.3 is 0 Å². The molecule has 2 aromatic carbocycles. The van der Waals surface area contributed by atoms with Crippen molar-refractivity contribution in [3.63, 3.8) is 0 Å². The van der Waals surface area contributed by atoms with Crippen LogP contribution >= 0.6 is 0 Å². The molecule has 4 heterocycles. The lowest BCUT2D eigenvalue weighted by Gasteiger charge is -2.29. The van der Waals surface area contributed by atoms with Crippen LogP contribution < -0.4 is 9.64 Å². The minimum absolute atomic E-state index is 0.658. The van der Waals surface area contributed by atoms with Crippen LogP contribution in [0.3, 0.4) is 0 Å². The molecule has 2 aliphatic heterocycles. The van der Waals surface area contributed by atoms with Gasteiger partial charge in [-0.1, -0.05) is 18.2 Å². The number of benzene rings is 2. The molecule has 4 aromatic rings. The van der Waals surface area contributed by atoms with E-state index in [1.807, 2.05) is 30.5 Å². The minimum Gasteiger partial charge on any atom is -0.490 e. The third-order valence-corrected chi connectivity index (χ3v) is 7.75. The summed E-state index contributed by atoms with van der Waals surface area (Å²) >= 11 is 0. The molecular formula is C30H31N5O. The van der Waals surface area contributed by atoms with Crippen LogP contribution in [0.1, 0.15) is 18.4 Å². The van der Waals surface area contributed by atoms with Crippen LogP contribution in [0.5, 0.6) is 5.75 Å². The van der Waals surface area contributed by atoms with Crippen molar-refractivity contribution in [2.75, 3.05) is 45.2 Å². The normalized spacial score (nSPS) is 16.5. The maximum absolute atomic E-state index is 9.33. The maximum Gasteiger partial charge on any atom is 0.143 e. The predicted molar refractivity (Wildman–Crippen MR) is 144 cm³/mol. The number of aromatic nitrogens is 2. The summed E-state index contributed by atoms with van der Waals surface area (Å²) in [5, 5.41) is 10.5. The fraction of sp³-hybridized carbons (Fsp3) is 0.333. The molecule has 6 nitrogen and oxygen atoms in total. The number of fused-ring (bicyclic) bond motifs is 2. The number of ether oxygens (including phenoxy) is 1. The molecule has 1 fully saturated rings. The molecule has 182 valence electrons. The first kappa shape index (κ1) is 22.6. The van der Waals surface area contributed by atoms with E-state index in [1.165, 1.54) is 31.3 Å². The Balaban J connectivity index is 1.46. The van der Waals surface area contributed by atoms with Crippen LogP contribution in [-0.4, -0.2) is 54.8 Å². The van der Waals surface area contributed by atoms with Gasteiger partial charge in [-0.3, -0.25) is 4.98 Å². The zero-order valence-electron chi connectivity index (χ0n) is 20.9. The summed E-state index contributed by atoms with van der Waals surface area (Å²) < 4.78 is 8.38. The van der Waals surface area contributed by atoms with E-state index < -0.39 is 0 Å². The van der Waals surface area contributed by atoms with Crippen LogP contribution in [0, 0.1) is 17.2 Å². The van der Waals surface area contributed by atoms with Gasteiger partial charge in [0, 0.05) is 36.3 Å². The van der Waals surface area contributed by atoms with E-state index in [9.17, 15) is 5.26 Å². The maximum atomic E-state index is 9.33. The van der Waals surface area contributed by atoms with Gasteiger partial charge in [0.1, 0.15) is 12.4 Å². The molecule has 0 radical (unpaired) electrons. The van der Waals surface area contributed by atoms with Crippen molar-refractivity contribution < 1.29 is 4.74 Å². The minimum atomic E-state index is 0.658. The predicted octanol–water partition coefficient (Wildman–Crippen LogP) is 5.41. The molecule has 6 rings (SSSR count). The number of nitriles is 1. The van der Waals surface area contributed by atoms with E-state index >= 15 is 0 Å². The average molecular weight is 478 g/mol. The van der Waals surface area contributed by atoms with E-state index in [1.54, 1.807) is 0 Å². The van der Waals surface area contributed by atoms with Crippen molar-refractivity contribution >= 4 is 16.6 Å². The number of likely N-dealkylation sites (tertiary alicyclic amines) is 1. The monoisotopic (exact) mass is 477 g/mol. The van der Waals surface area contributed by atoms with Crippen molar-refractivity contribution in [2.24, 2.45) is 5.92 Å². The first-order valence-electron chi connectivity index (χ1n) is 12.8. The third kappa shape index (κ3) is 4.10. The molecule has 0 atom stereocenters. The van der Waals surface area contributed by atoms with Gasteiger partial charge < -0.3 is 19.1 Å². The number of piperidine rings is 1.